The lowest BCUT2D eigenvalue weighted by molar-refractivity contribution is 0.604. The minimum atomic E-state index is -0.328. The largest absolute Gasteiger partial charge is 0.365 e. The van der Waals surface area contributed by atoms with E-state index in [1.54, 1.807) is 46.6 Å². The van der Waals surface area contributed by atoms with E-state index in [0.717, 1.165) is 16.5 Å². The summed E-state index contributed by atoms with van der Waals surface area (Å²) in [6, 6.07) is 16.5. The van der Waals surface area contributed by atoms with E-state index >= 15 is 0 Å². The molecule has 5 aromatic rings. The summed E-state index contributed by atoms with van der Waals surface area (Å²) < 4.78 is 18.0. The van der Waals surface area contributed by atoms with Crippen LogP contribution in [0.4, 0.5) is 10.2 Å². The number of pyridine rings is 1. The number of aryl methyl sites for hydroxylation is 1. The summed E-state index contributed by atoms with van der Waals surface area (Å²) in [5, 5.41) is 8.84. The molecular weight excluding hydrogens is 479 g/mol. The van der Waals surface area contributed by atoms with Crippen LogP contribution in [0.15, 0.2) is 78.1 Å². The molecule has 0 fully saturated rings. The summed E-state index contributed by atoms with van der Waals surface area (Å²) >= 11 is 6.21. The Hall–Kier alpha value is -4.04. The molecule has 2 aromatic carbocycles. The molecule has 3 heterocycles. The topological polar surface area (TPSA) is 77.6 Å². The molecule has 1 N–H and O–H groups in total. The standard InChI is InChI=1S/C27H24ClFN6O/c1-17-6-11-23(28)21(25(17)29)13-30-26-22-15-34(33-27(22)32-16-31-26)14-19-7-9-20(10-8-19)18(2)35-12-4-3-5-24(35)36/h3-12,15-16,18H,13-14H2,1-2H3,(H,30,31,32,33). The molecular formula is C27H24ClFN6O. The van der Waals surface area contributed by atoms with Crippen molar-refractivity contribution in [3.8, 4) is 0 Å². The Balaban J connectivity index is 1.33. The van der Waals surface area contributed by atoms with Crippen LogP contribution in [0.2, 0.25) is 5.02 Å². The molecule has 7 nitrogen and oxygen atoms in total. The van der Waals surface area contributed by atoms with Gasteiger partial charge in [-0.3, -0.25) is 9.48 Å². The number of anilines is 1. The van der Waals surface area contributed by atoms with E-state index in [9.17, 15) is 9.18 Å². The maximum Gasteiger partial charge on any atom is 0.251 e. The second kappa shape index (κ2) is 9.91. The number of rotatable bonds is 7. The molecule has 0 aliphatic carbocycles. The third kappa shape index (κ3) is 4.72. The Morgan fingerprint density at radius 3 is 2.67 bits per heavy atom. The molecule has 0 amide bonds. The fourth-order valence-electron chi connectivity index (χ4n) is 4.16. The van der Waals surface area contributed by atoms with E-state index in [2.05, 4.69) is 20.4 Å². The molecule has 1 unspecified atom stereocenters. The second-order valence-electron chi connectivity index (χ2n) is 8.66. The monoisotopic (exact) mass is 502 g/mol. The van der Waals surface area contributed by atoms with Gasteiger partial charge in [-0.05, 0) is 42.7 Å². The molecule has 0 saturated heterocycles. The van der Waals surface area contributed by atoms with Gasteiger partial charge in [0.05, 0.1) is 18.0 Å². The van der Waals surface area contributed by atoms with Crippen molar-refractivity contribution in [1.82, 2.24) is 24.3 Å². The zero-order valence-electron chi connectivity index (χ0n) is 19.8. The Labute approximate surface area is 212 Å². The lowest BCUT2D eigenvalue weighted by Crippen LogP contribution is -2.22. The van der Waals surface area contributed by atoms with Crippen molar-refractivity contribution in [2.75, 3.05) is 5.32 Å². The summed E-state index contributed by atoms with van der Waals surface area (Å²) in [4.78, 5) is 20.7. The van der Waals surface area contributed by atoms with E-state index in [4.69, 9.17) is 11.6 Å². The van der Waals surface area contributed by atoms with Gasteiger partial charge in [0, 0.05) is 35.6 Å². The molecule has 182 valence electrons. The summed E-state index contributed by atoms with van der Waals surface area (Å²) in [5.74, 6) is 0.228. The second-order valence-corrected chi connectivity index (χ2v) is 9.07. The molecule has 9 heteroatoms. The average molecular weight is 503 g/mol. The van der Waals surface area contributed by atoms with Gasteiger partial charge in [-0.1, -0.05) is 48.0 Å². The zero-order chi connectivity index (χ0) is 25.2. The van der Waals surface area contributed by atoms with Gasteiger partial charge in [-0.25, -0.2) is 14.4 Å². The molecule has 1 atom stereocenters. The normalized spacial score (nSPS) is 12.1. The first-order valence-electron chi connectivity index (χ1n) is 11.5. The van der Waals surface area contributed by atoms with Crippen molar-refractivity contribution in [2.24, 2.45) is 0 Å². The number of fused-ring (bicyclic) bond motifs is 1. The number of halogens is 2. The van der Waals surface area contributed by atoms with Gasteiger partial charge in [-0.15, -0.1) is 0 Å². The molecule has 0 aliphatic heterocycles. The predicted octanol–water partition coefficient (Wildman–Crippen LogP) is 5.36. The maximum absolute atomic E-state index is 14.5. The first-order chi connectivity index (χ1) is 17.4. The van der Waals surface area contributed by atoms with Crippen LogP contribution in [-0.4, -0.2) is 24.3 Å². The van der Waals surface area contributed by atoms with Crippen molar-refractivity contribution in [2.45, 2.75) is 33.0 Å². The average Bonchev–Trinajstić information content (AvgIpc) is 3.30. The van der Waals surface area contributed by atoms with Crippen LogP contribution in [0, 0.1) is 12.7 Å². The van der Waals surface area contributed by atoms with Gasteiger partial charge in [0.2, 0.25) is 0 Å². The molecule has 0 aliphatic rings. The summed E-state index contributed by atoms with van der Waals surface area (Å²) in [6.45, 7) is 4.43. The quantitative estimate of drug-likeness (QED) is 0.324. The van der Waals surface area contributed by atoms with Crippen LogP contribution in [0.3, 0.4) is 0 Å². The Bertz CT molecular complexity index is 1590. The Kier molecular flexibility index (Phi) is 6.52. The first-order valence-corrected chi connectivity index (χ1v) is 11.9. The highest BCUT2D eigenvalue weighted by atomic mass is 35.5. The molecule has 0 bridgehead atoms. The molecule has 0 spiro atoms. The predicted molar refractivity (Wildman–Crippen MR) is 139 cm³/mol. The van der Waals surface area contributed by atoms with Gasteiger partial charge in [0.15, 0.2) is 5.65 Å². The highest BCUT2D eigenvalue weighted by Gasteiger charge is 2.14. The summed E-state index contributed by atoms with van der Waals surface area (Å²) in [5.41, 5.74) is 3.52. The molecule has 0 radical (unpaired) electrons. The van der Waals surface area contributed by atoms with Gasteiger partial charge in [0.1, 0.15) is 18.0 Å². The van der Waals surface area contributed by atoms with E-state index in [1.165, 1.54) is 6.33 Å². The minimum Gasteiger partial charge on any atom is -0.365 e. The van der Waals surface area contributed by atoms with E-state index < -0.39 is 0 Å². The number of benzene rings is 2. The van der Waals surface area contributed by atoms with E-state index in [-0.39, 0.29) is 24.0 Å². The van der Waals surface area contributed by atoms with E-state index in [1.807, 2.05) is 43.5 Å². The highest BCUT2D eigenvalue weighted by molar-refractivity contribution is 6.31. The third-order valence-corrected chi connectivity index (χ3v) is 6.61. The number of nitrogens with zero attached hydrogens (tertiary/aromatic N) is 5. The lowest BCUT2D eigenvalue weighted by atomic mass is 10.1. The Morgan fingerprint density at radius 2 is 1.89 bits per heavy atom. The van der Waals surface area contributed by atoms with Crippen LogP contribution < -0.4 is 10.9 Å². The highest BCUT2D eigenvalue weighted by Crippen LogP contribution is 2.25. The van der Waals surface area contributed by atoms with E-state index in [0.29, 0.717) is 34.2 Å². The van der Waals surface area contributed by atoms with Gasteiger partial charge in [-0.2, -0.15) is 5.10 Å². The fraction of sp³-hybridized carbons (Fsp3) is 0.185. The van der Waals surface area contributed by atoms with Crippen molar-refractivity contribution in [1.29, 1.82) is 0 Å². The third-order valence-electron chi connectivity index (χ3n) is 6.25. The maximum atomic E-state index is 14.5. The smallest absolute Gasteiger partial charge is 0.251 e. The van der Waals surface area contributed by atoms with Crippen molar-refractivity contribution < 1.29 is 4.39 Å². The SMILES string of the molecule is Cc1ccc(Cl)c(CNc2ncnc3nn(Cc4ccc(C(C)n5ccccc5=O)cc4)cc23)c1F. The van der Waals surface area contributed by atoms with Crippen molar-refractivity contribution in [3.63, 3.8) is 0 Å². The van der Waals surface area contributed by atoms with Gasteiger partial charge >= 0.3 is 0 Å². The molecule has 5 rings (SSSR count). The summed E-state index contributed by atoms with van der Waals surface area (Å²) in [6.07, 6.45) is 5.09. The zero-order valence-corrected chi connectivity index (χ0v) is 20.6. The molecule has 3 aromatic heterocycles. The van der Waals surface area contributed by atoms with Crippen LogP contribution in [0.1, 0.15) is 35.2 Å². The molecule has 36 heavy (non-hydrogen) atoms. The number of hydrogen-bond acceptors (Lipinski definition) is 5. The van der Waals surface area contributed by atoms with Crippen molar-refractivity contribution in [3.05, 3.63) is 117 Å². The van der Waals surface area contributed by atoms with Crippen LogP contribution in [0.5, 0.6) is 0 Å². The van der Waals surface area contributed by atoms with Crippen molar-refractivity contribution >= 4 is 28.5 Å². The molecule has 0 saturated carbocycles. The first kappa shape index (κ1) is 23.7. The van der Waals surface area contributed by atoms with Crippen LogP contribution in [0.25, 0.3) is 11.0 Å². The number of aromatic nitrogens is 5. The minimum absolute atomic E-state index is 0.0322. The van der Waals surface area contributed by atoms with Gasteiger partial charge in [0.25, 0.3) is 5.56 Å². The number of hydrogen-bond donors (Lipinski definition) is 1. The fourth-order valence-corrected chi connectivity index (χ4v) is 4.38. The van der Waals surface area contributed by atoms with Gasteiger partial charge < -0.3 is 9.88 Å². The number of nitrogens with one attached hydrogen (secondary N) is 1. The Morgan fingerprint density at radius 1 is 1.08 bits per heavy atom. The van der Waals surface area contributed by atoms with Crippen LogP contribution in [-0.2, 0) is 13.1 Å². The summed E-state index contributed by atoms with van der Waals surface area (Å²) in [7, 11) is 0. The lowest BCUT2D eigenvalue weighted by Gasteiger charge is -2.15. The van der Waals surface area contributed by atoms with Crippen LogP contribution >= 0.6 is 11.6 Å².